The molecule has 2 saturated heterocycles. The number of aromatic nitrogens is 1. The molecule has 2 fully saturated rings. The van der Waals surface area contributed by atoms with Crippen molar-refractivity contribution in [1.82, 2.24) is 10.3 Å². The molecule has 0 bridgehead atoms. The van der Waals surface area contributed by atoms with Gasteiger partial charge >= 0.3 is 5.97 Å². The van der Waals surface area contributed by atoms with E-state index in [0.717, 1.165) is 32.0 Å². The smallest absolute Gasteiger partial charge is 0.339 e. The molecule has 1 atom stereocenters. The van der Waals surface area contributed by atoms with E-state index in [1.807, 2.05) is 6.07 Å². The second kappa shape index (κ2) is 4.81. The highest BCUT2D eigenvalue weighted by atomic mass is 16.5. The van der Waals surface area contributed by atoms with Gasteiger partial charge < -0.3 is 15.0 Å². The Labute approximate surface area is 113 Å². The third-order valence-electron chi connectivity index (χ3n) is 4.26. The topological polar surface area (TPSA) is 54.5 Å². The first kappa shape index (κ1) is 12.4. The molecule has 1 aromatic heterocycles. The van der Waals surface area contributed by atoms with E-state index in [-0.39, 0.29) is 5.97 Å². The monoisotopic (exact) mass is 261 g/mol. The molecule has 1 N–H and O–H groups in total. The highest BCUT2D eigenvalue weighted by Crippen LogP contribution is 2.37. The number of hydrogen-bond donors (Lipinski definition) is 1. The summed E-state index contributed by atoms with van der Waals surface area (Å²) in [6.07, 6.45) is 4.07. The molecule has 1 unspecified atom stereocenters. The summed E-state index contributed by atoms with van der Waals surface area (Å²) in [6, 6.07) is 3.69. The number of rotatable bonds is 2. The maximum absolute atomic E-state index is 11.4. The predicted octanol–water partition coefficient (Wildman–Crippen LogP) is 1.06. The lowest BCUT2D eigenvalue weighted by Gasteiger charge is -2.23. The summed E-state index contributed by atoms with van der Waals surface area (Å²) in [4.78, 5) is 18.1. The molecular formula is C14H19N3O2. The van der Waals surface area contributed by atoms with E-state index in [1.165, 1.54) is 20.0 Å². The van der Waals surface area contributed by atoms with Crippen LogP contribution in [0, 0.1) is 5.41 Å². The Kier molecular flexibility index (Phi) is 3.14. The van der Waals surface area contributed by atoms with Gasteiger partial charge in [0.15, 0.2) is 0 Å². The van der Waals surface area contributed by atoms with E-state index >= 15 is 0 Å². The molecule has 0 saturated carbocycles. The van der Waals surface area contributed by atoms with E-state index in [0.29, 0.717) is 11.0 Å². The Morgan fingerprint density at radius 1 is 1.47 bits per heavy atom. The summed E-state index contributed by atoms with van der Waals surface area (Å²) in [5, 5.41) is 3.45. The first-order valence-electron chi connectivity index (χ1n) is 6.73. The summed E-state index contributed by atoms with van der Waals surface area (Å²) in [5.41, 5.74) is 0.936. The van der Waals surface area contributed by atoms with Crippen molar-refractivity contribution in [3.8, 4) is 0 Å². The van der Waals surface area contributed by atoms with E-state index in [2.05, 4.69) is 19.9 Å². The lowest BCUT2D eigenvalue weighted by atomic mass is 9.87. The summed E-state index contributed by atoms with van der Waals surface area (Å²) >= 11 is 0. The maximum Gasteiger partial charge on any atom is 0.339 e. The van der Waals surface area contributed by atoms with Gasteiger partial charge in [0.05, 0.1) is 12.7 Å². The molecule has 3 heterocycles. The Hall–Kier alpha value is -1.62. The Bertz CT molecular complexity index is 466. The third-order valence-corrected chi connectivity index (χ3v) is 4.26. The lowest BCUT2D eigenvalue weighted by Crippen LogP contribution is -2.29. The number of anilines is 1. The largest absolute Gasteiger partial charge is 0.465 e. The summed E-state index contributed by atoms with van der Waals surface area (Å²) in [7, 11) is 1.38. The van der Waals surface area contributed by atoms with Crippen LogP contribution in [-0.4, -0.2) is 44.2 Å². The number of carbonyl (C=O) groups is 1. The molecule has 19 heavy (non-hydrogen) atoms. The van der Waals surface area contributed by atoms with Gasteiger partial charge in [-0.1, -0.05) is 0 Å². The second-order valence-electron chi connectivity index (χ2n) is 5.49. The number of pyridine rings is 1. The SMILES string of the molecule is COC(=O)c1ccc(N2CCC3(CCNC3)C2)nc1. The quantitative estimate of drug-likeness (QED) is 0.807. The fourth-order valence-electron chi connectivity index (χ4n) is 3.09. The summed E-state index contributed by atoms with van der Waals surface area (Å²) in [5.74, 6) is 0.619. The molecule has 5 nitrogen and oxygen atoms in total. The van der Waals surface area contributed by atoms with Gasteiger partial charge in [-0.2, -0.15) is 0 Å². The number of hydrogen-bond acceptors (Lipinski definition) is 5. The number of nitrogens with one attached hydrogen (secondary N) is 1. The molecule has 5 heteroatoms. The second-order valence-corrected chi connectivity index (χ2v) is 5.49. The highest BCUT2D eigenvalue weighted by Gasteiger charge is 2.40. The fourth-order valence-corrected chi connectivity index (χ4v) is 3.09. The maximum atomic E-state index is 11.4. The van der Waals surface area contributed by atoms with Gasteiger partial charge in [-0.25, -0.2) is 9.78 Å². The molecule has 2 aliphatic heterocycles. The fraction of sp³-hybridized carbons (Fsp3) is 0.571. The molecule has 2 aliphatic rings. The third kappa shape index (κ3) is 2.30. The molecule has 1 aromatic rings. The van der Waals surface area contributed by atoms with E-state index in [9.17, 15) is 4.79 Å². The van der Waals surface area contributed by atoms with Gasteiger partial charge in [0.2, 0.25) is 0 Å². The molecule has 102 valence electrons. The Balaban J connectivity index is 1.71. The van der Waals surface area contributed by atoms with Crippen LogP contribution in [0.25, 0.3) is 0 Å². The average molecular weight is 261 g/mol. The number of esters is 1. The van der Waals surface area contributed by atoms with Gasteiger partial charge in [0.1, 0.15) is 5.82 Å². The standard InChI is InChI=1S/C14H19N3O2/c1-19-13(18)11-2-3-12(16-8-11)17-7-5-14(10-17)4-6-15-9-14/h2-3,8,15H,4-7,9-10H2,1H3. The lowest BCUT2D eigenvalue weighted by molar-refractivity contribution is 0.0600. The molecule has 0 amide bonds. The minimum Gasteiger partial charge on any atom is -0.465 e. The van der Waals surface area contributed by atoms with E-state index in [4.69, 9.17) is 0 Å². The van der Waals surface area contributed by atoms with Crippen molar-refractivity contribution in [3.05, 3.63) is 23.9 Å². The molecular weight excluding hydrogens is 242 g/mol. The zero-order chi connectivity index (χ0) is 13.3. The highest BCUT2D eigenvalue weighted by molar-refractivity contribution is 5.89. The van der Waals surface area contributed by atoms with Crippen molar-refractivity contribution in [2.45, 2.75) is 12.8 Å². The Morgan fingerprint density at radius 3 is 3.00 bits per heavy atom. The van der Waals surface area contributed by atoms with Gasteiger partial charge in [0.25, 0.3) is 0 Å². The normalized spacial score (nSPS) is 26.1. The number of methoxy groups -OCH3 is 1. The minimum atomic E-state index is -0.336. The van der Waals surface area contributed by atoms with Gasteiger partial charge in [0, 0.05) is 31.2 Å². The Morgan fingerprint density at radius 2 is 2.37 bits per heavy atom. The van der Waals surface area contributed by atoms with Crippen LogP contribution in [-0.2, 0) is 4.74 Å². The van der Waals surface area contributed by atoms with Crippen LogP contribution in [0.3, 0.4) is 0 Å². The zero-order valence-electron chi connectivity index (χ0n) is 11.2. The van der Waals surface area contributed by atoms with Crippen LogP contribution >= 0.6 is 0 Å². The number of nitrogens with zero attached hydrogens (tertiary/aromatic N) is 2. The van der Waals surface area contributed by atoms with Crippen LogP contribution in [0.4, 0.5) is 5.82 Å². The van der Waals surface area contributed by atoms with Crippen molar-refractivity contribution < 1.29 is 9.53 Å². The van der Waals surface area contributed by atoms with Gasteiger partial charge in [-0.3, -0.25) is 0 Å². The van der Waals surface area contributed by atoms with E-state index in [1.54, 1.807) is 12.3 Å². The van der Waals surface area contributed by atoms with Crippen LogP contribution in [0.5, 0.6) is 0 Å². The molecule has 0 aromatic carbocycles. The first-order valence-corrected chi connectivity index (χ1v) is 6.73. The zero-order valence-corrected chi connectivity index (χ0v) is 11.2. The van der Waals surface area contributed by atoms with Crippen molar-refractivity contribution >= 4 is 11.8 Å². The van der Waals surface area contributed by atoms with Crippen molar-refractivity contribution in [2.75, 3.05) is 38.2 Å². The molecule has 0 aliphatic carbocycles. The molecule has 3 rings (SSSR count). The average Bonchev–Trinajstić information content (AvgIpc) is 3.09. The number of ether oxygens (including phenoxy) is 1. The van der Waals surface area contributed by atoms with Crippen LogP contribution in [0.15, 0.2) is 18.3 Å². The molecule has 0 radical (unpaired) electrons. The first-order chi connectivity index (χ1) is 9.22. The summed E-state index contributed by atoms with van der Waals surface area (Å²) < 4.78 is 4.68. The molecule has 1 spiro atoms. The van der Waals surface area contributed by atoms with Gasteiger partial charge in [-0.15, -0.1) is 0 Å². The van der Waals surface area contributed by atoms with Crippen LogP contribution in [0.2, 0.25) is 0 Å². The summed E-state index contributed by atoms with van der Waals surface area (Å²) in [6.45, 7) is 4.35. The minimum absolute atomic E-state index is 0.336. The van der Waals surface area contributed by atoms with Crippen LogP contribution < -0.4 is 10.2 Å². The van der Waals surface area contributed by atoms with Crippen LogP contribution in [0.1, 0.15) is 23.2 Å². The van der Waals surface area contributed by atoms with E-state index < -0.39 is 0 Å². The van der Waals surface area contributed by atoms with Crippen molar-refractivity contribution in [2.24, 2.45) is 5.41 Å². The van der Waals surface area contributed by atoms with Crippen molar-refractivity contribution in [3.63, 3.8) is 0 Å². The predicted molar refractivity (Wildman–Crippen MR) is 72.3 cm³/mol. The van der Waals surface area contributed by atoms with Gasteiger partial charge in [-0.05, 0) is 31.5 Å². The van der Waals surface area contributed by atoms with Crippen molar-refractivity contribution in [1.29, 1.82) is 0 Å². The number of carbonyl (C=O) groups excluding carboxylic acids is 1.